The normalized spacial score (nSPS) is 16.1. The van der Waals surface area contributed by atoms with Crippen molar-refractivity contribution in [2.24, 2.45) is 0 Å². The summed E-state index contributed by atoms with van der Waals surface area (Å²) in [5.74, 6) is -0.725. The fraction of sp³-hybridized carbons (Fsp3) is 0.444. The number of aromatic nitrogens is 2. The maximum atomic E-state index is 11.4. The van der Waals surface area contributed by atoms with Gasteiger partial charge in [0.2, 0.25) is 0 Å². The smallest absolute Gasteiger partial charge is 0.340 e. The Balaban J connectivity index is 2.59. The van der Waals surface area contributed by atoms with Gasteiger partial charge in [0.15, 0.2) is 14.9 Å². The lowest BCUT2D eigenvalue weighted by Gasteiger charge is -2.04. The van der Waals surface area contributed by atoms with Gasteiger partial charge in [-0.2, -0.15) is 0 Å². The molecule has 1 N–H and O–H groups in total. The summed E-state index contributed by atoms with van der Waals surface area (Å²) in [7, 11) is -3.64. The zero-order valence-electron chi connectivity index (χ0n) is 8.54. The van der Waals surface area contributed by atoms with Gasteiger partial charge >= 0.3 is 5.97 Å². The van der Waals surface area contributed by atoms with E-state index in [4.69, 9.17) is 5.11 Å². The molecule has 7 heteroatoms. The first kappa shape index (κ1) is 11.0. The molecule has 2 rings (SSSR count). The van der Waals surface area contributed by atoms with Gasteiger partial charge < -0.3 is 5.11 Å². The van der Waals surface area contributed by atoms with Gasteiger partial charge in [-0.15, -0.1) is 0 Å². The van der Waals surface area contributed by atoms with Gasteiger partial charge in [0.05, 0.1) is 0 Å². The Labute approximate surface area is 92.3 Å². The van der Waals surface area contributed by atoms with E-state index in [9.17, 15) is 13.2 Å². The molecular formula is C9H10N2O4S. The molecule has 0 bridgehead atoms. The number of aromatic carboxylic acids is 1. The van der Waals surface area contributed by atoms with E-state index >= 15 is 0 Å². The number of carboxylic acid groups (broad SMARTS) is 1. The number of rotatable bonds is 3. The molecule has 1 aliphatic rings. The quantitative estimate of drug-likeness (QED) is 0.773. The highest BCUT2D eigenvalue weighted by Crippen LogP contribution is 2.38. The van der Waals surface area contributed by atoms with Crippen LogP contribution in [0.4, 0.5) is 0 Å². The Hall–Kier alpha value is -1.50. The third-order valence-electron chi connectivity index (χ3n) is 2.30. The highest BCUT2D eigenvalue weighted by molar-refractivity contribution is 7.90. The van der Waals surface area contributed by atoms with Crippen molar-refractivity contribution >= 4 is 15.8 Å². The van der Waals surface area contributed by atoms with Crippen molar-refractivity contribution in [1.82, 2.24) is 9.97 Å². The van der Waals surface area contributed by atoms with Crippen molar-refractivity contribution in [2.45, 2.75) is 23.8 Å². The van der Waals surface area contributed by atoms with Crippen molar-refractivity contribution in [3.05, 3.63) is 17.6 Å². The van der Waals surface area contributed by atoms with Crippen LogP contribution in [0.3, 0.4) is 0 Å². The molecular weight excluding hydrogens is 232 g/mol. The minimum absolute atomic E-state index is 0.184. The zero-order valence-corrected chi connectivity index (χ0v) is 9.36. The van der Waals surface area contributed by atoms with Gasteiger partial charge in [0.1, 0.15) is 11.4 Å². The van der Waals surface area contributed by atoms with Crippen LogP contribution in [0.1, 0.15) is 34.9 Å². The Bertz CT molecular complexity index is 549. The van der Waals surface area contributed by atoms with Crippen molar-refractivity contribution in [2.75, 3.05) is 6.26 Å². The van der Waals surface area contributed by atoms with Crippen LogP contribution in [-0.4, -0.2) is 35.7 Å². The average Bonchev–Trinajstić information content (AvgIpc) is 2.98. The summed E-state index contributed by atoms with van der Waals surface area (Å²) in [4.78, 5) is 18.5. The number of hydrogen-bond acceptors (Lipinski definition) is 5. The topological polar surface area (TPSA) is 97.2 Å². The molecule has 1 heterocycles. The van der Waals surface area contributed by atoms with Gasteiger partial charge in [0, 0.05) is 18.4 Å². The molecule has 0 aromatic carbocycles. The lowest BCUT2D eigenvalue weighted by atomic mass is 10.3. The molecule has 16 heavy (non-hydrogen) atoms. The summed E-state index contributed by atoms with van der Waals surface area (Å²) in [5, 5.41) is 8.44. The van der Waals surface area contributed by atoms with Crippen LogP contribution < -0.4 is 0 Å². The molecule has 0 unspecified atom stereocenters. The minimum Gasteiger partial charge on any atom is -0.478 e. The van der Waals surface area contributed by atoms with E-state index in [-0.39, 0.29) is 11.5 Å². The van der Waals surface area contributed by atoms with Gasteiger partial charge in [0.25, 0.3) is 0 Å². The first-order valence-corrected chi connectivity index (χ1v) is 6.59. The van der Waals surface area contributed by atoms with Crippen LogP contribution in [0.15, 0.2) is 11.2 Å². The van der Waals surface area contributed by atoms with Crippen LogP contribution in [0.25, 0.3) is 0 Å². The highest BCUT2D eigenvalue weighted by Gasteiger charge is 2.29. The van der Waals surface area contributed by atoms with Gasteiger partial charge in [-0.05, 0) is 12.8 Å². The average molecular weight is 242 g/mol. The summed E-state index contributed by atoms with van der Waals surface area (Å²) in [5.41, 5.74) is -0.369. The van der Waals surface area contributed by atoms with E-state index in [1.165, 1.54) is 0 Å². The second kappa shape index (κ2) is 3.51. The van der Waals surface area contributed by atoms with E-state index < -0.39 is 20.8 Å². The molecule has 86 valence electrons. The predicted octanol–water partition coefficient (Wildman–Crippen LogP) is 0.456. The van der Waals surface area contributed by atoms with Crippen LogP contribution in [0, 0.1) is 0 Å². The SMILES string of the molecule is CS(=O)(=O)c1nc(C2CC2)ncc1C(=O)O. The van der Waals surface area contributed by atoms with Gasteiger partial charge in [-0.25, -0.2) is 23.2 Å². The first-order chi connectivity index (χ1) is 7.39. The van der Waals surface area contributed by atoms with Crippen LogP contribution in [0.2, 0.25) is 0 Å². The van der Waals surface area contributed by atoms with Crippen molar-refractivity contribution in [1.29, 1.82) is 0 Å². The molecule has 1 fully saturated rings. The number of hydrogen-bond donors (Lipinski definition) is 1. The monoisotopic (exact) mass is 242 g/mol. The Morgan fingerprint density at radius 3 is 2.56 bits per heavy atom. The number of sulfone groups is 1. The summed E-state index contributed by atoms with van der Waals surface area (Å²) in [6, 6.07) is 0. The second-order valence-corrected chi connectivity index (χ2v) is 5.73. The molecule has 0 radical (unpaired) electrons. The van der Waals surface area contributed by atoms with Gasteiger partial charge in [-0.1, -0.05) is 0 Å². The summed E-state index contributed by atoms with van der Waals surface area (Å²) in [6.45, 7) is 0. The van der Waals surface area contributed by atoms with Crippen LogP contribution in [0.5, 0.6) is 0 Å². The second-order valence-electron chi connectivity index (χ2n) is 3.80. The Kier molecular flexibility index (Phi) is 2.42. The third-order valence-corrected chi connectivity index (χ3v) is 3.31. The Morgan fingerprint density at radius 1 is 1.50 bits per heavy atom. The van der Waals surface area contributed by atoms with E-state index in [0.717, 1.165) is 25.3 Å². The molecule has 0 aliphatic heterocycles. The highest BCUT2D eigenvalue weighted by atomic mass is 32.2. The van der Waals surface area contributed by atoms with E-state index in [1.54, 1.807) is 0 Å². The first-order valence-electron chi connectivity index (χ1n) is 4.70. The third kappa shape index (κ3) is 2.04. The molecule has 6 nitrogen and oxygen atoms in total. The van der Waals surface area contributed by atoms with E-state index in [2.05, 4.69) is 9.97 Å². The molecule has 0 spiro atoms. The van der Waals surface area contributed by atoms with Crippen molar-refractivity contribution in [3.8, 4) is 0 Å². The van der Waals surface area contributed by atoms with Gasteiger partial charge in [-0.3, -0.25) is 0 Å². The molecule has 0 atom stereocenters. The summed E-state index contributed by atoms with van der Waals surface area (Å²) >= 11 is 0. The standard InChI is InChI=1S/C9H10N2O4S/c1-16(14,15)8-6(9(12)13)4-10-7(11-8)5-2-3-5/h4-5H,2-3H2,1H3,(H,12,13). The number of carboxylic acids is 1. The maximum Gasteiger partial charge on any atom is 0.340 e. The zero-order chi connectivity index (χ0) is 11.9. The summed E-state index contributed by atoms with van der Waals surface area (Å²) < 4.78 is 22.8. The molecule has 0 saturated heterocycles. The molecule has 0 amide bonds. The number of nitrogens with zero attached hydrogens (tertiary/aromatic N) is 2. The van der Waals surface area contributed by atoms with Crippen LogP contribution >= 0.6 is 0 Å². The molecule has 1 saturated carbocycles. The van der Waals surface area contributed by atoms with Crippen LogP contribution in [-0.2, 0) is 9.84 Å². The Morgan fingerprint density at radius 2 is 2.12 bits per heavy atom. The van der Waals surface area contributed by atoms with Crippen molar-refractivity contribution < 1.29 is 18.3 Å². The number of carbonyl (C=O) groups is 1. The fourth-order valence-corrected chi connectivity index (χ4v) is 2.15. The van der Waals surface area contributed by atoms with E-state index in [1.807, 2.05) is 0 Å². The molecule has 1 aromatic rings. The molecule has 1 aliphatic carbocycles. The maximum absolute atomic E-state index is 11.4. The fourth-order valence-electron chi connectivity index (χ4n) is 1.35. The molecule has 1 aromatic heterocycles. The summed E-state index contributed by atoms with van der Waals surface area (Å²) in [6.07, 6.45) is 3.86. The van der Waals surface area contributed by atoms with E-state index in [0.29, 0.717) is 5.82 Å². The largest absolute Gasteiger partial charge is 0.478 e. The minimum atomic E-state index is -3.64. The predicted molar refractivity (Wildman–Crippen MR) is 54.1 cm³/mol. The lowest BCUT2D eigenvalue weighted by molar-refractivity contribution is 0.0691. The van der Waals surface area contributed by atoms with Crippen molar-refractivity contribution in [3.63, 3.8) is 0 Å². The lowest BCUT2D eigenvalue weighted by Crippen LogP contribution is -2.12.